The molecule has 2 aromatic carbocycles. The first-order chi connectivity index (χ1) is 13.0. The van der Waals surface area contributed by atoms with Crippen molar-refractivity contribution < 1.29 is 28.7 Å². The average Bonchev–Trinajstić information content (AvgIpc) is 3.04. The number of benzene rings is 2. The molecule has 0 atom stereocenters. The van der Waals surface area contributed by atoms with Gasteiger partial charge in [0.1, 0.15) is 5.75 Å². The molecule has 0 saturated carbocycles. The van der Waals surface area contributed by atoms with Crippen molar-refractivity contribution in [2.24, 2.45) is 0 Å². The quantitative estimate of drug-likeness (QED) is 0.442. The summed E-state index contributed by atoms with van der Waals surface area (Å²) < 4.78 is 10.2. The number of nitrogens with zero attached hydrogens (tertiary/aromatic N) is 1. The Morgan fingerprint density at radius 3 is 2.22 bits per heavy atom. The summed E-state index contributed by atoms with van der Waals surface area (Å²) in [6.07, 6.45) is 0.376. The van der Waals surface area contributed by atoms with Gasteiger partial charge in [-0.1, -0.05) is 12.1 Å². The van der Waals surface area contributed by atoms with Crippen molar-refractivity contribution in [1.82, 2.24) is 0 Å². The van der Waals surface area contributed by atoms with Gasteiger partial charge in [-0.15, -0.1) is 0 Å². The van der Waals surface area contributed by atoms with E-state index in [1.807, 2.05) is 0 Å². The van der Waals surface area contributed by atoms with Crippen LogP contribution in [0.25, 0.3) is 0 Å². The molecule has 1 aliphatic rings. The Morgan fingerprint density at radius 2 is 1.59 bits per heavy atom. The minimum atomic E-state index is -0.677. The molecule has 7 heteroatoms. The Morgan fingerprint density at radius 1 is 0.963 bits per heavy atom. The SMILES string of the molecule is COc1ccccc1C(=O)COC(=O)c1ccc(N2C(=O)CCC2=O)cc1. The number of para-hydroxylation sites is 1. The number of carbonyl (C=O) groups excluding carboxylic acids is 4. The molecule has 1 saturated heterocycles. The number of imide groups is 1. The second kappa shape index (κ2) is 7.82. The Hall–Kier alpha value is -3.48. The van der Waals surface area contributed by atoms with Crippen LogP contribution >= 0.6 is 0 Å². The average molecular weight is 367 g/mol. The van der Waals surface area contributed by atoms with E-state index in [1.165, 1.54) is 31.4 Å². The number of Topliss-reactive ketones (excluding diaryl/α,β-unsaturated/α-hetero) is 1. The fourth-order valence-electron chi connectivity index (χ4n) is 2.78. The highest BCUT2D eigenvalue weighted by Crippen LogP contribution is 2.23. The maximum Gasteiger partial charge on any atom is 0.338 e. The van der Waals surface area contributed by atoms with Gasteiger partial charge in [0, 0.05) is 12.8 Å². The number of esters is 1. The number of carbonyl (C=O) groups is 4. The Kier molecular flexibility index (Phi) is 5.30. The van der Waals surface area contributed by atoms with Crippen LogP contribution in [-0.4, -0.2) is 37.3 Å². The van der Waals surface area contributed by atoms with E-state index in [2.05, 4.69) is 0 Å². The van der Waals surface area contributed by atoms with Gasteiger partial charge in [-0.3, -0.25) is 19.3 Å². The van der Waals surface area contributed by atoms with Crippen molar-refractivity contribution in [3.8, 4) is 5.75 Å². The normalized spacial score (nSPS) is 13.6. The lowest BCUT2D eigenvalue weighted by Gasteiger charge is -2.14. The van der Waals surface area contributed by atoms with Crippen molar-refractivity contribution in [2.45, 2.75) is 12.8 Å². The highest BCUT2D eigenvalue weighted by atomic mass is 16.5. The van der Waals surface area contributed by atoms with Gasteiger partial charge in [0.15, 0.2) is 6.61 Å². The molecule has 1 heterocycles. The first kappa shape index (κ1) is 18.3. The third kappa shape index (κ3) is 3.87. The lowest BCUT2D eigenvalue weighted by Crippen LogP contribution is -2.28. The second-order valence-corrected chi connectivity index (χ2v) is 5.87. The first-order valence-electron chi connectivity index (χ1n) is 8.30. The van der Waals surface area contributed by atoms with Crippen LogP contribution in [0.5, 0.6) is 5.75 Å². The number of anilines is 1. The van der Waals surface area contributed by atoms with E-state index in [-0.39, 0.29) is 36.0 Å². The number of hydrogen-bond donors (Lipinski definition) is 0. The molecule has 138 valence electrons. The third-order valence-corrected chi connectivity index (χ3v) is 4.15. The van der Waals surface area contributed by atoms with Crippen molar-refractivity contribution in [1.29, 1.82) is 0 Å². The van der Waals surface area contributed by atoms with Crippen LogP contribution in [0.15, 0.2) is 48.5 Å². The minimum absolute atomic E-state index is 0.188. The van der Waals surface area contributed by atoms with Crippen molar-refractivity contribution in [3.63, 3.8) is 0 Å². The molecular weight excluding hydrogens is 350 g/mol. The molecule has 2 aromatic rings. The monoisotopic (exact) mass is 367 g/mol. The Bertz CT molecular complexity index is 887. The minimum Gasteiger partial charge on any atom is -0.496 e. The largest absolute Gasteiger partial charge is 0.496 e. The van der Waals surface area contributed by atoms with Crippen LogP contribution < -0.4 is 9.64 Å². The fourth-order valence-corrected chi connectivity index (χ4v) is 2.78. The van der Waals surface area contributed by atoms with Gasteiger partial charge >= 0.3 is 5.97 Å². The maximum absolute atomic E-state index is 12.2. The lowest BCUT2D eigenvalue weighted by molar-refractivity contribution is -0.121. The highest BCUT2D eigenvalue weighted by Gasteiger charge is 2.30. The molecule has 3 rings (SSSR count). The molecule has 0 N–H and O–H groups in total. The number of hydrogen-bond acceptors (Lipinski definition) is 6. The standard InChI is InChI=1S/C20H17NO6/c1-26-17-5-3-2-4-15(17)16(22)12-27-20(25)13-6-8-14(9-7-13)21-18(23)10-11-19(21)24/h2-9H,10-12H2,1H3. The summed E-state index contributed by atoms with van der Waals surface area (Å²) in [6, 6.07) is 12.6. The van der Waals surface area contributed by atoms with Crippen LogP contribution in [0.1, 0.15) is 33.6 Å². The molecule has 2 amide bonds. The zero-order valence-corrected chi connectivity index (χ0v) is 14.6. The molecule has 0 radical (unpaired) electrons. The number of rotatable bonds is 6. The van der Waals surface area contributed by atoms with E-state index in [0.717, 1.165) is 4.90 Å². The Balaban J connectivity index is 1.64. The van der Waals surface area contributed by atoms with Crippen LogP contribution in [-0.2, 0) is 14.3 Å². The van der Waals surface area contributed by atoms with Gasteiger partial charge in [0.05, 0.1) is 23.9 Å². The maximum atomic E-state index is 12.2. The fraction of sp³-hybridized carbons (Fsp3) is 0.200. The van der Waals surface area contributed by atoms with Crippen molar-refractivity contribution in [2.75, 3.05) is 18.6 Å². The molecule has 0 bridgehead atoms. The Labute approximate surface area is 155 Å². The molecule has 0 aliphatic carbocycles. The molecule has 27 heavy (non-hydrogen) atoms. The van der Waals surface area contributed by atoms with E-state index in [4.69, 9.17) is 9.47 Å². The molecule has 1 aliphatic heterocycles. The predicted octanol–water partition coefficient (Wildman–Crippen LogP) is 2.39. The highest BCUT2D eigenvalue weighted by molar-refractivity contribution is 6.19. The topological polar surface area (TPSA) is 90.0 Å². The molecule has 0 unspecified atom stereocenters. The smallest absolute Gasteiger partial charge is 0.338 e. The van der Waals surface area contributed by atoms with Gasteiger partial charge in [0.2, 0.25) is 17.6 Å². The summed E-state index contributed by atoms with van der Waals surface area (Å²) in [5.41, 5.74) is 0.948. The van der Waals surface area contributed by atoms with Gasteiger partial charge in [-0.2, -0.15) is 0 Å². The van der Waals surface area contributed by atoms with E-state index in [0.29, 0.717) is 17.0 Å². The number of methoxy groups -OCH3 is 1. The predicted molar refractivity (Wildman–Crippen MR) is 95.8 cm³/mol. The van der Waals surface area contributed by atoms with Gasteiger partial charge in [0.25, 0.3) is 0 Å². The van der Waals surface area contributed by atoms with Gasteiger partial charge in [-0.05, 0) is 36.4 Å². The molecular formula is C20H17NO6. The van der Waals surface area contributed by atoms with E-state index in [1.54, 1.807) is 24.3 Å². The van der Waals surface area contributed by atoms with E-state index < -0.39 is 12.6 Å². The summed E-state index contributed by atoms with van der Waals surface area (Å²) in [5, 5.41) is 0. The zero-order valence-electron chi connectivity index (χ0n) is 14.6. The third-order valence-electron chi connectivity index (χ3n) is 4.15. The number of ether oxygens (including phenoxy) is 2. The zero-order chi connectivity index (χ0) is 19.4. The lowest BCUT2D eigenvalue weighted by atomic mass is 10.1. The van der Waals surface area contributed by atoms with Crippen LogP contribution in [0.3, 0.4) is 0 Å². The van der Waals surface area contributed by atoms with Crippen molar-refractivity contribution >= 4 is 29.3 Å². The molecule has 1 fully saturated rings. The number of amides is 2. The molecule has 7 nitrogen and oxygen atoms in total. The van der Waals surface area contributed by atoms with E-state index in [9.17, 15) is 19.2 Å². The van der Waals surface area contributed by atoms with E-state index >= 15 is 0 Å². The summed E-state index contributed by atoms with van der Waals surface area (Å²) in [5.74, 6) is -1.19. The van der Waals surface area contributed by atoms with Crippen LogP contribution in [0.2, 0.25) is 0 Å². The van der Waals surface area contributed by atoms with Gasteiger partial charge < -0.3 is 9.47 Å². The number of ketones is 1. The van der Waals surface area contributed by atoms with Gasteiger partial charge in [-0.25, -0.2) is 4.79 Å². The summed E-state index contributed by atoms with van der Waals surface area (Å²) in [7, 11) is 1.45. The van der Waals surface area contributed by atoms with Crippen LogP contribution in [0, 0.1) is 0 Å². The van der Waals surface area contributed by atoms with Crippen molar-refractivity contribution in [3.05, 3.63) is 59.7 Å². The first-order valence-corrected chi connectivity index (χ1v) is 8.30. The van der Waals surface area contributed by atoms with Crippen LogP contribution in [0.4, 0.5) is 5.69 Å². The molecule has 0 spiro atoms. The summed E-state index contributed by atoms with van der Waals surface area (Å²) >= 11 is 0. The second-order valence-electron chi connectivity index (χ2n) is 5.87. The molecule has 0 aromatic heterocycles. The summed E-state index contributed by atoms with van der Waals surface area (Å²) in [4.78, 5) is 48.9. The summed E-state index contributed by atoms with van der Waals surface area (Å²) in [6.45, 7) is -0.427.